The quantitative estimate of drug-likeness (QED) is 0.699. The molecule has 2 unspecified atom stereocenters. The van der Waals surface area contributed by atoms with E-state index in [1.165, 1.54) is 12.1 Å². The Morgan fingerprint density at radius 2 is 1.94 bits per heavy atom. The van der Waals surface area contributed by atoms with Crippen LogP contribution in [0.25, 0.3) is 6.08 Å². The number of ether oxygens (including phenoxy) is 2. The Morgan fingerprint density at radius 3 is 2.75 bits per heavy atom. The summed E-state index contributed by atoms with van der Waals surface area (Å²) in [5.41, 5.74) is 1.14. The summed E-state index contributed by atoms with van der Waals surface area (Å²) in [6.45, 7) is 0.223. The molecule has 4 rings (SSSR count). The van der Waals surface area contributed by atoms with E-state index >= 15 is 0 Å². The normalized spacial score (nSPS) is 21.6. The van der Waals surface area contributed by atoms with E-state index in [0.717, 1.165) is 31.2 Å². The zero-order valence-corrected chi connectivity index (χ0v) is 18.1. The molecule has 0 radical (unpaired) electrons. The molecule has 2 aromatic rings. The number of rotatable bonds is 6. The van der Waals surface area contributed by atoms with Gasteiger partial charge < -0.3 is 19.7 Å². The van der Waals surface area contributed by atoms with Crippen molar-refractivity contribution in [1.82, 2.24) is 10.2 Å². The number of nitrogens with one attached hydrogen (secondary N) is 1. The van der Waals surface area contributed by atoms with Gasteiger partial charge in [-0.3, -0.25) is 9.59 Å². The SMILES string of the molecule is COc1ccccc1CNC(=O)CN1C(=O)/C(=C\c2ccccc2F)OC2CCCCC21. The Bertz CT molecular complexity index is 1020. The molecule has 32 heavy (non-hydrogen) atoms. The first-order valence-corrected chi connectivity index (χ1v) is 10.9. The Balaban J connectivity index is 1.50. The lowest BCUT2D eigenvalue weighted by molar-refractivity contribution is -0.151. The van der Waals surface area contributed by atoms with Crippen LogP contribution >= 0.6 is 0 Å². The molecule has 1 saturated heterocycles. The first kappa shape index (κ1) is 21.9. The number of hydrogen-bond donors (Lipinski definition) is 1. The van der Waals surface area contributed by atoms with Crippen LogP contribution in [0.4, 0.5) is 4.39 Å². The summed E-state index contributed by atoms with van der Waals surface area (Å²) >= 11 is 0. The van der Waals surface area contributed by atoms with Crippen molar-refractivity contribution in [3.05, 3.63) is 71.2 Å². The van der Waals surface area contributed by atoms with Gasteiger partial charge in [-0.05, 0) is 37.5 Å². The molecule has 0 aromatic heterocycles. The van der Waals surface area contributed by atoms with Crippen LogP contribution in [0.15, 0.2) is 54.3 Å². The van der Waals surface area contributed by atoms with Crippen molar-refractivity contribution < 1.29 is 23.5 Å². The molecule has 2 fully saturated rings. The Hall–Kier alpha value is -3.35. The molecule has 0 bridgehead atoms. The summed E-state index contributed by atoms with van der Waals surface area (Å²) in [5, 5.41) is 2.88. The molecule has 1 N–H and O–H groups in total. The third kappa shape index (κ3) is 4.77. The van der Waals surface area contributed by atoms with Gasteiger partial charge in [0.2, 0.25) is 5.91 Å². The number of fused-ring (bicyclic) bond motifs is 1. The lowest BCUT2D eigenvalue weighted by Crippen LogP contribution is -2.57. The lowest BCUT2D eigenvalue weighted by atomic mass is 9.89. The molecule has 2 amide bonds. The van der Waals surface area contributed by atoms with Gasteiger partial charge in [-0.2, -0.15) is 0 Å². The molecular weight excluding hydrogens is 411 g/mol. The second-order valence-electron chi connectivity index (χ2n) is 8.06. The van der Waals surface area contributed by atoms with Gasteiger partial charge in [-0.25, -0.2) is 4.39 Å². The van der Waals surface area contributed by atoms with E-state index in [-0.39, 0.29) is 41.8 Å². The predicted molar refractivity (Wildman–Crippen MR) is 118 cm³/mol. The fraction of sp³-hybridized carbons (Fsp3) is 0.360. The number of hydrogen-bond acceptors (Lipinski definition) is 4. The molecule has 2 aromatic carbocycles. The van der Waals surface area contributed by atoms with Crippen molar-refractivity contribution in [1.29, 1.82) is 0 Å². The summed E-state index contributed by atoms with van der Waals surface area (Å²) in [4.78, 5) is 27.6. The average molecular weight is 438 g/mol. The van der Waals surface area contributed by atoms with Crippen molar-refractivity contribution in [3.63, 3.8) is 0 Å². The van der Waals surface area contributed by atoms with Crippen molar-refractivity contribution in [2.45, 2.75) is 44.4 Å². The highest BCUT2D eigenvalue weighted by Gasteiger charge is 2.42. The first-order valence-electron chi connectivity index (χ1n) is 10.9. The Kier molecular flexibility index (Phi) is 6.73. The van der Waals surface area contributed by atoms with Gasteiger partial charge >= 0.3 is 0 Å². The van der Waals surface area contributed by atoms with Crippen LogP contribution < -0.4 is 10.1 Å². The highest BCUT2D eigenvalue weighted by Crippen LogP contribution is 2.33. The number of halogens is 1. The summed E-state index contributed by atoms with van der Waals surface area (Å²) in [7, 11) is 1.58. The number of amides is 2. The average Bonchev–Trinajstić information content (AvgIpc) is 2.82. The minimum atomic E-state index is -0.428. The predicted octanol–water partition coefficient (Wildman–Crippen LogP) is 3.66. The molecule has 2 aliphatic rings. The van der Waals surface area contributed by atoms with Crippen LogP contribution in [-0.2, 0) is 20.9 Å². The van der Waals surface area contributed by atoms with Crippen LogP contribution in [0.1, 0.15) is 36.8 Å². The van der Waals surface area contributed by atoms with Crippen molar-refractivity contribution >= 4 is 17.9 Å². The highest BCUT2D eigenvalue weighted by molar-refractivity contribution is 5.98. The fourth-order valence-electron chi connectivity index (χ4n) is 4.35. The Labute approximate surface area is 187 Å². The van der Waals surface area contributed by atoms with Crippen molar-refractivity contribution in [2.24, 2.45) is 0 Å². The molecule has 7 heteroatoms. The number of carbonyl (C=O) groups is 2. The number of benzene rings is 2. The third-order valence-corrected chi connectivity index (χ3v) is 5.99. The van der Waals surface area contributed by atoms with Crippen LogP contribution in [0.2, 0.25) is 0 Å². The maximum atomic E-state index is 14.1. The second kappa shape index (κ2) is 9.85. The smallest absolute Gasteiger partial charge is 0.289 e. The number of methoxy groups -OCH3 is 1. The molecule has 1 saturated carbocycles. The standard InChI is InChI=1S/C25H27FN2O4/c1-31-21-12-6-3-9-18(21)15-27-24(29)16-28-20-11-5-7-13-22(20)32-23(25(28)30)14-17-8-2-4-10-19(17)26/h2-4,6,8-10,12,14,20,22H,5,7,11,13,15-16H2,1H3,(H,27,29)/b23-14+. The minimum Gasteiger partial charge on any atom is -0.496 e. The van der Waals surface area contributed by atoms with Crippen LogP contribution in [0.5, 0.6) is 5.75 Å². The lowest BCUT2D eigenvalue weighted by Gasteiger charge is -2.44. The monoisotopic (exact) mass is 438 g/mol. The van der Waals surface area contributed by atoms with E-state index in [1.807, 2.05) is 24.3 Å². The topological polar surface area (TPSA) is 67.9 Å². The van der Waals surface area contributed by atoms with Gasteiger partial charge in [-0.15, -0.1) is 0 Å². The van der Waals surface area contributed by atoms with E-state index in [2.05, 4.69) is 5.32 Å². The van der Waals surface area contributed by atoms with Crippen molar-refractivity contribution in [2.75, 3.05) is 13.7 Å². The van der Waals surface area contributed by atoms with Crippen LogP contribution in [0, 0.1) is 5.82 Å². The van der Waals surface area contributed by atoms with Crippen LogP contribution in [-0.4, -0.2) is 42.5 Å². The zero-order valence-electron chi connectivity index (χ0n) is 18.1. The molecule has 168 valence electrons. The summed E-state index contributed by atoms with van der Waals surface area (Å²) in [5.74, 6) is -0.304. The second-order valence-corrected chi connectivity index (χ2v) is 8.06. The fourth-order valence-corrected chi connectivity index (χ4v) is 4.35. The van der Waals surface area contributed by atoms with Gasteiger partial charge in [0, 0.05) is 17.7 Å². The van der Waals surface area contributed by atoms with E-state index in [9.17, 15) is 14.0 Å². The van der Waals surface area contributed by atoms with E-state index in [0.29, 0.717) is 12.3 Å². The number of morpholine rings is 1. The zero-order chi connectivity index (χ0) is 22.5. The number of para-hydroxylation sites is 1. The van der Waals surface area contributed by atoms with Gasteiger partial charge in [0.15, 0.2) is 5.76 Å². The number of carbonyl (C=O) groups excluding carboxylic acids is 2. The summed E-state index contributed by atoms with van der Waals surface area (Å²) in [6, 6.07) is 13.5. The van der Waals surface area contributed by atoms with E-state index in [4.69, 9.17) is 9.47 Å². The summed E-state index contributed by atoms with van der Waals surface area (Å²) < 4.78 is 25.4. The molecule has 1 aliphatic carbocycles. The molecule has 6 nitrogen and oxygen atoms in total. The largest absolute Gasteiger partial charge is 0.496 e. The van der Waals surface area contributed by atoms with Crippen molar-refractivity contribution in [3.8, 4) is 5.75 Å². The third-order valence-electron chi connectivity index (χ3n) is 5.99. The summed E-state index contributed by atoms with van der Waals surface area (Å²) in [6.07, 6.45) is 4.79. The van der Waals surface area contributed by atoms with Gasteiger partial charge in [0.1, 0.15) is 24.2 Å². The Morgan fingerprint density at radius 1 is 1.19 bits per heavy atom. The van der Waals surface area contributed by atoms with Gasteiger partial charge in [0.05, 0.1) is 13.2 Å². The van der Waals surface area contributed by atoms with Gasteiger partial charge in [-0.1, -0.05) is 42.8 Å². The molecular formula is C25H27FN2O4. The molecule has 0 spiro atoms. The minimum absolute atomic E-state index is 0.0763. The van der Waals surface area contributed by atoms with Crippen LogP contribution in [0.3, 0.4) is 0 Å². The molecule has 1 heterocycles. The maximum Gasteiger partial charge on any atom is 0.289 e. The highest BCUT2D eigenvalue weighted by atomic mass is 19.1. The first-order chi connectivity index (χ1) is 15.6. The van der Waals surface area contributed by atoms with E-state index in [1.54, 1.807) is 30.2 Å². The number of nitrogens with zero attached hydrogens (tertiary/aromatic N) is 1. The van der Waals surface area contributed by atoms with Gasteiger partial charge in [0.25, 0.3) is 5.91 Å². The van der Waals surface area contributed by atoms with E-state index < -0.39 is 5.82 Å². The maximum absolute atomic E-state index is 14.1. The molecule has 2 atom stereocenters. The molecule has 1 aliphatic heterocycles.